The predicted octanol–water partition coefficient (Wildman–Crippen LogP) is 3.62. The molecule has 0 fully saturated rings. The van der Waals surface area contributed by atoms with Gasteiger partial charge in [0.2, 0.25) is 0 Å². The van der Waals surface area contributed by atoms with Gasteiger partial charge in [0.25, 0.3) is 6.43 Å². The molecule has 0 aliphatic carbocycles. The summed E-state index contributed by atoms with van der Waals surface area (Å²) in [6.45, 7) is -0.402. The number of aromatic amines is 1. The fourth-order valence-corrected chi connectivity index (χ4v) is 1.91. The lowest BCUT2D eigenvalue weighted by molar-refractivity contribution is 0.127. The lowest BCUT2D eigenvalue weighted by Gasteiger charge is -2.02. The van der Waals surface area contributed by atoms with Crippen molar-refractivity contribution in [2.24, 2.45) is 0 Å². The predicted molar refractivity (Wildman–Crippen MR) is 58.1 cm³/mol. The first kappa shape index (κ1) is 10.6. The van der Waals surface area contributed by atoms with E-state index in [0.29, 0.717) is 16.1 Å². The second kappa shape index (κ2) is 3.90. The molecule has 80 valence electrons. The molecule has 0 spiro atoms. The van der Waals surface area contributed by atoms with Crippen LogP contribution in [0.4, 0.5) is 8.78 Å². The second-order valence-electron chi connectivity index (χ2n) is 3.09. The van der Waals surface area contributed by atoms with Gasteiger partial charge in [-0.05, 0) is 30.4 Å². The summed E-state index contributed by atoms with van der Waals surface area (Å²) in [7, 11) is 0. The molecule has 0 radical (unpaired) electrons. The minimum Gasteiger partial charge on any atom is -0.331 e. The van der Waals surface area contributed by atoms with E-state index in [2.05, 4.69) is 4.98 Å². The van der Waals surface area contributed by atoms with E-state index in [1.165, 1.54) is 4.57 Å². The summed E-state index contributed by atoms with van der Waals surface area (Å²) >= 11 is 10.7. The number of hydrogen-bond acceptors (Lipinski definition) is 1. The summed E-state index contributed by atoms with van der Waals surface area (Å²) < 4.78 is 26.2. The first-order valence-corrected chi connectivity index (χ1v) is 5.03. The van der Waals surface area contributed by atoms with E-state index < -0.39 is 13.0 Å². The quantitative estimate of drug-likeness (QED) is 0.805. The average molecular weight is 249 g/mol. The summed E-state index contributed by atoms with van der Waals surface area (Å²) in [5.74, 6) is 0. The molecule has 6 heteroatoms. The van der Waals surface area contributed by atoms with Crippen molar-refractivity contribution in [2.75, 3.05) is 0 Å². The molecule has 15 heavy (non-hydrogen) atoms. The molecule has 1 N–H and O–H groups in total. The van der Waals surface area contributed by atoms with Crippen LogP contribution >= 0.6 is 23.8 Å². The fraction of sp³-hybridized carbons (Fsp3) is 0.222. The van der Waals surface area contributed by atoms with Gasteiger partial charge >= 0.3 is 0 Å². The minimum atomic E-state index is -2.42. The van der Waals surface area contributed by atoms with Crippen molar-refractivity contribution < 1.29 is 8.78 Å². The number of halogens is 3. The summed E-state index contributed by atoms with van der Waals surface area (Å²) in [6.07, 6.45) is -2.42. The fourth-order valence-electron chi connectivity index (χ4n) is 1.46. The summed E-state index contributed by atoms with van der Waals surface area (Å²) in [5, 5.41) is 0.544. The van der Waals surface area contributed by atoms with E-state index >= 15 is 0 Å². The van der Waals surface area contributed by atoms with E-state index in [1.807, 2.05) is 0 Å². The zero-order chi connectivity index (χ0) is 11.0. The van der Waals surface area contributed by atoms with Crippen LogP contribution in [0.3, 0.4) is 0 Å². The number of rotatable bonds is 2. The zero-order valence-electron chi connectivity index (χ0n) is 7.51. The van der Waals surface area contributed by atoms with Crippen molar-refractivity contribution in [1.82, 2.24) is 9.55 Å². The molecule has 0 aliphatic heterocycles. The number of nitrogens with one attached hydrogen (secondary N) is 1. The van der Waals surface area contributed by atoms with E-state index in [1.54, 1.807) is 18.2 Å². The number of nitrogens with zero attached hydrogens (tertiary/aromatic N) is 1. The standard InChI is InChI=1S/C9H7ClF2N2S/c10-5-1-2-7-6(3-5)13-9(15)14(7)4-8(11)12/h1-3,8H,4H2,(H,13,15). The van der Waals surface area contributed by atoms with E-state index in [0.717, 1.165) is 0 Å². The molecule has 0 bridgehead atoms. The number of hydrogen-bond donors (Lipinski definition) is 1. The maximum Gasteiger partial charge on any atom is 0.256 e. The number of aromatic nitrogens is 2. The molecule has 1 aromatic carbocycles. The SMILES string of the molecule is FC(F)Cn1c(=S)[nH]c2cc(Cl)ccc21. The van der Waals surface area contributed by atoms with Gasteiger partial charge in [-0.1, -0.05) is 11.6 Å². The highest BCUT2D eigenvalue weighted by atomic mass is 35.5. The maximum atomic E-state index is 12.3. The van der Waals surface area contributed by atoms with Crippen molar-refractivity contribution in [2.45, 2.75) is 13.0 Å². The van der Waals surface area contributed by atoms with Crippen molar-refractivity contribution >= 4 is 34.9 Å². The Morgan fingerprint density at radius 2 is 2.20 bits per heavy atom. The van der Waals surface area contributed by atoms with E-state index in [-0.39, 0.29) is 4.77 Å². The van der Waals surface area contributed by atoms with Crippen molar-refractivity contribution in [1.29, 1.82) is 0 Å². The molecule has 2 rings (SSSR count). The van der Waals surface area contributed by atoms with Gasteiger partial charge in [-0.25, -0.2) is 8.78 Å². The zero-order valence-corrected chi connectivity index (χ0v) is 9.08. The van der Waals surface area contributed by atoms with Crippen molar-refractivity contribution in [3.8, 4) is 0 Å². The second-order valence-corrected chi connectivity index (χ2v) is 3.92. The summed E-state index contributed by atoms with van der Waals surface area (Å²) in [6, 6.07) is 4.98. The van der Waals surface area contributed by atoms with Crippen molar-refractivity contribution in [3.05, 3.63) is 28.0 Å². The van der Waals surface area contributed by atoms with E-state index in [4.69, 9.17) is 23.8 Å². The Morgan fingerprint density at radius 3 is 2.87 bits per heavy atom. The van der Waals surface area contributed by atoms with Crippen LogP contribution in [0.15, 0.2) is 18.2 Å². The molecule has 0 amide bonds. The molecule has 0 unspecified atom stereocenters. The van der Waals surface area contributed by atoms with Crippen LogP contribution in [0.25, 0.3) is 11.0 Å². The normalized spacial score (nSPS) is 11.5. The number of H-pyrrole nitrogens is 1. The van der Waals surface area contributed by atoms with Crippen LogP contribution in [0.2, 0.25) is 5.02 Å². The maximum absolute atomic E-state index is 12.3. The molecule has 1 heterocycles. The molecular formula is C9H7ClF2N2S. The van der Waals surface area contributed by atoms with Gasteiger partial charge in [-0.2, -0.15) is 0 Å². The molecule has 1 aromatic heterocycles. The first-order valence-electron chi connectivity index (χ1n) is 4.24. The topological polar surface area (TPSA) is 20.7 Å². The Labute approximate surface area is 94.5 Å². The summed E-state index contributed by atoms with van der Waals surface area (Å²) in [4.78, 5) is 2.83. The lowest BCUT2D eigenvalue weighted by atomic mass is 10.3. The highest BCUT2D eigenvalue weighted by molar-refractivity contribution is 7.71. The van der Waals surface area contributed by atoms with E-state index in [9.17, 15) is 8.78 Å². The van der Waals surface area contributed by atoms with Crippen LogP contribution in [0.1, 0.15) is 0 Å². The molecule has 2 aromatic rings. The van der Waals surface area contributed by atoms with Gasteiger partial charge in [0, 0.05) is 5.02 Å². The third kappa shape index (κ3) is 2.03. The lowest BCUT2D eigenvalue weighted by Crippen LogP contribution is -2.06. The first-order chi connectivity index (χ1) is 7.08. The molecule has 0 aliphatic rings. The Kier molecular flexibility index (Phi) is 2.75. The van der Waals surface area contributed by atoms with Crippen LogP contribution in [-0.4, -0.2) is 16.0 Å². The average Bonchev–Trinajstić information content (AvgIpc) is 2.41. The Hall–Kier alpha value is -0.940. The number of imidazole rings is 1. The highest BCUT2D eigenvalue weighted by Gasteiger charge is 2.09. The highest BCUT2D eigenvalue weighted by Crippen LogP contribution is 2.19. The molecule has 0 atom stereocenters. The van der Waals surface area contributed by atoms with Gasteiger partial charge in [-0.3, -0.25) is 0 Å². The molecule has 2 nitrogen and oxygen atoms in total. The van der Waals surface area contributed by atoms with Gasteiger partial charge in [0.15, 0.2) is 4.77 Å². The van der Waals surface area contributed by atoms with Gasteiger partial charge < -0.3 is 9.55 Å². The van der Waals surface area contributed by atoms with Crippen LogP contribution in [0.5, 0.6) is 0 Å². The number of fused-ring (bicyclic) bond motifs is 1. The third-order valence-corrected chi connectivity index (χ3v) is 2.61. The minimum absolute atomic E-state index is 0.285. The Balaban J connectivity index is 2.63. The van der Waals surface area contributed by atoms with Crippen LogP contribution in [-0.2, 0) is 6.54 Å². The largest absolute Gasteiger partial charge is 0.331 e. The van der Waals surface area contributed by atoms with Gasteiger partial charge in [0.05, 0.1) is 17.6 Å². The van der Waals surface area contributed by atoms with Gasteiger partial charge in [0.1, 0.15) is 0 Å². The number of benzene rings is 1. The Bertz CT molecular complexity index is 547. The summed E-state index contributed by atoms with van der Waals surface area (Å²) in [5.41, 5.74) is 1.32. The molecule has 0 saturated carbocycles. The molecular weight excluding hydrogens is 242 g/mol. The molecule has 0 saturated heterocycles. The Morgan fingerprint density at radius 1 is 1.47 bits per heavy atom. The van der Waals surface area contributed by atoms with Crippen molar-refractivity contribution in [3.63, 3.8) is 0 Å². The number of alkyl halides is 2. The third-order valence-electron chi connectivity index (χ3n) is 2.06. The van der Waals surface area contributed by atoms with Crippen LogP contribution in [0, 0.1) is 4.77 Å². The van der Waals surface area contributed by atoms with Crippen LogP contribution < -0.4 is 0 Å². The monoisotopic (exact) mass is 248 g/mol. The van der Waals surface area contributed by atoms with Gasteiger partial charge in [-0.15, -0.1) is 0 Å². The smallest absolute Gasteiger partial charge is 0.256 e.